The van der Waals surface area contributed by atoms with Gasteiger partial charge in [-0.25, -0.2) is 9.78 Å². The second-order valence-corrected chi connectivity index (χ2v) is 7.52. The summed E-state index contributed by atoms with van der Waals surface area (Å²) in [4.78, 5) is 21.2. The van der Waals surface area contributed by atoms with Crippen LogP contribution in [0.25, 0.3) is 11.0 Å². The Morgan fingerprint density at radius 3 is 2.46 bits per heavy atom. The number of urea groups is 1. The highest BCUT2D eigenvalue weighted by molar-refractivity contribution is 5.76. The molecule has 3 rings (SSSR count). The van der Waals surface area contributed by atoms with Gasteiger partial charge in [0.25, 0.3) is 0 Å². The molecule has 0 radical (unpaired) electrons. The van der Waals surface area contributed by atoms with Crippen molar-refractivity contribution < 1.29 is 4.79 Å². The van der Waals surface area contributed by atoms with E-state index in [1.165, 1.54) is 0 Å². The molecule has 1 aliphatic heterocycles. The standard InChI is InChI=1S/C18H27N5O/c1-18(2,3)20-17(24)23-11-9-22(10-12-23)13-16-19-14-7-5-6-8-15(14)21(16)4/h5-8H,9-13H2,1-4H3,(H,20,24). The summed E-state index contributed by atoms with van der Waals surface area (Å²) in [7, 11) is 2.07. The summed E-state index contributed by atoms with van der Waals surface area (Å²) in [5.74, 6) is 1.07. The van der Waals surface area contributed by atoms with Gasteiger partial charge in [0.1, 0.15) is 5.82 Å². The van der Waals surface area contributed by atoms with Gasteiger partial charge >= 0.3 is 6.03 Å². The normalized spacial score (nSPS) is 16.6. The van der Waals surface area contributed by atoms with Crippen LogP contribution in [0.2, 0.25) is 0 Å². The molecule has 2 heterocycles. The lowest BCUT2D eigenvalue weighted by Gasteiger charge is -2.36. The number of carbonyl (C=O) groups is 1. The Morgan fingerprint density at radius 2 is 1.83 bits per heavy atom. The number of fused-ring (bicyclic) bond motifs is 1. The summed E-state index contributed by atoms with van der Waals surface area (Å²) < 4.78 is 2.16. The number of benzene rings is 1. The van der Waals surface area contributed by atoms with Crippen LogP contribution in [0, 0.1) is 0 Å². The van der Waals surface area contributed by atoms with Gasteiger partial charge in [0, 0.05) is 38.8 Å². The number of piperazine rings is 1. The third-order valence-corrected chi connectivity index (χ3v) is 4.39. The summed E-state index contributed by atoms with van der Waals surface area (Å²) >= 11 is 0. The predicted molar refractivity (Wildman–Crippen MR) is 95.8 cm³/mol. The first-order chi connectivity index (χ1) is 11.3. The lowest BCUT2D eigenvalue weighted by Crippen LogP contribution is -2.54. The largest absolute Gasteiger partial charge is 0.333 e. The van der Waals surface area contributed by atoms with Crippen molar-refractivity contribution >= 4 is 17.1 Å². The molecule has 0 spiro atoms. The van der Waals surface area contributed by atoms with E-state index in [9.17, 15) is 4.79 Å². The van der Waals surface area contributed by atoms with Crippen molar-refractivity contribution in [2.45, 2.75) is 32.9 Å². The highest BCUT2D eigenvalue weighted by Crippen LogP contribution is 2.16. The molecular formula is C18H27N5O. The van der Waals surface area contributed by atoms with Gasteiger partial charge in [0.05, 0.1) is 17.6 Å². The van der Waals surface area contributed by atoms with Crippen molar-refractivity contribution in [3.05, 3.63) is 30.1 Å². The minimum absolute atomic E-state index is 0.0323. The minimum Gasteiger partial charge on any atom is -0.333 e. The first-order valence-electron chi connectivity index (χ1n) is 8.53. The number of aryl methyl sites for hydroxylation is 1. The molecule has 1 aromatic carbocycles. The third kappa shape index (κ3) is 3.70. The second-order valence-electron chi connectivity index (χ2n) is 7.52. The quantitative estimate of drug-likeness (QED) is 0.919. The monoisotopic (exact) mass is 329 g/mol. The molecule has 1 aliphatic rings. The van der Waals surface area contributed by atoms with Crippen molar-refractivity contribution in [1.29, 1.82) is 0 Å². The van der Waals surface area contributed by atoms with Crippen LogP contribution in [0.3, 0.4) is 0 Å². The number of hydrogen-bond donors (Lipinski definition) is 1. The molecule has 2 aromatic rings. The Labute approximate surface area is 143 Å². The third-order valence-electron chi connectivity index (χ3n) is 4.39. The number of aromatic nitrogens is 2. The maximum atomic E-state index is 12.2. The summed E-state index contributed by atoms with van der Waals surface area (Å²) in [5, 5.41) is 3.03. The van der Waals surface area contributed by atoms with E-state index in [1.54, 1.807) is 0 Å². The van der Waals surface area contributed by atoms with Crippen LogP contribution in [0.5, 0.6) is 0 Å². The van der Waals surface area contributed by atoms with E-state index in [4.69, 9.17) is 4.98 Å². The van der Waals surface area contributed by atoms with Crippen molar-refractivity contribution in [2.75, 3.05) is 26.2 Å². The molecule has 24 heavy (non-hydrogen) atoms. The average Bonchev–Trinajstić information content (AvgIpc) is 2.83. The van der Waals surface area contributed by atoms with Gasteiger partial charge in [-0.2, -0.15) is 0 Å². The smallest absolute Gasteiger partial charge is 0.317 e. The molecular weight excluding hydrogens is 302 g/mol. The van der Waals surface area contributed by atoms with Gasteiger partial charge in [0.2, 0.25) is 0 Å². The van der Waals surface area contributed by atoms with E-state index >= 15 is 0 Å². The lowest BCUT2D eigenvalue weighted by molar-refractivity contribution is 0.129. The summed E-state index contributed by atoms with van der Waals surface area (Å²) in [6.45, 7) is 10.1. The highest BCUT2D eigenvalue weighted by Gasteiger charge is 2.24. The van der Waals surface area contributed by atoms with Crippen LogP contribution in [0.15, 0.2) is 24.3 Å². The van der Waals surface area contributed by atoms with E-state index in [2.05, 4.69) is 27.9 Å². The van der Waals surface area contributed by atoms with E-state index < -0.39 is 0 Å². The molecule has 130 valence electrons. The van der Waals surface area contributed by atoms with Gasteiger partial charge in [-0.1, -0.05) is 12.1 Å². The van der Waals surface area contributed by atoms with E-state index in [0.29, 0.717) is 0 Å². The zero-order valence-electron chi connectivity index (χ0n) is 15.0. The van der Waals surface area contributed by atoms with Crippen molar-refractivity contribution in [3.63, 3.8) is 0 Å². The fraction of sp³-hybridized carbons (Fsp3) is 0.556. The van der Waals surface area contributed by atoms with Gasteiger partial charge in [-0.05, 0) is 32.9 Å². The SMILES string of the molecule is Cn1c(CN2CCN(C(=O)NC(C)(C)C)CC2)nc2ccccc21. The predicted octanol–water partition coefficient (Wildman–Crippen LogP) is 2.20. The Kier molecular flexibility index (Phi) is 4.49. The fourth-order valence-electron chi connectivity index (χ4n) is 3.05. The number of hydrogen-bond acceptors (Lipinski definition) is 3. The highest BCUT2D eigenvalue weighted by atomic mass is 16.2. The summed E-state index contributed by atoms with van der Waals surface area (Å²) in [6, 6.07) is 8.24. The number of nitrogens with zero attached hydrogens (tertiary/aromatic N) is 4. The van der Waals surface area contributed by atoms with E-state index in [-0.39, 0.29) is 11.6 Å². The molecule has 1 aromatic heterocycles. The van der Waals surface area contributed by atoms with Crippen molar-refractivity contribution in [3.8, 4) is 0 Å². The van der Waals surface area contributed by atoms with Crippen LogP contribution < -0.4 is 5.32 Å². The number of rotatable bonds is 2. The molecule has 6 nitrogen and oxygen atoms in total. The van der Waals surface area contributed by atoms with Gasteiger partial charge < -0.3 is 14.8 Å². The van der Waals surface area contributed by atoms with Crippen molar-refractivity contribution in [1.82, 2.24) is 24.7 Å². The van der Waals surface area contributed by atoms with Crippen LogP contribution >= 0.6 is 0 Å². The van der Waals surface area contributed by atoms with Crippen LogP contribution in [-0.4, -0.2) is 57.1 Å². The number of nitrogens with one attached hydrogen (secondary N) is 1. The van der Waals surface area contributed by atoms with Crippen LogP contribution in [-0.2, 0) is 13.6 Å². The lowest BCUT2D eigenvalue weighted by atomic mass is 10.1. The van der Waals surface area contributed by atoms with Crippen LogP contribution in [0.4, 0.5) is 4.79 Å². The first kappa shape index (κ1) is 16.8. The molecule has 1 N–H and O–H groups in total. The van der Waals surface area contributed by atoms with E-state index in [1.807, 2.05) is 43.9 Å². The molecule has 0 saturated carbocycles. The molecule has 0 unspecified atom stereocenters. The Balaban J connectivity index is 1.59. The molecule has 0 bridgehead atoms. The molecule has 2 amide bonds. The summed E-state index contributed by atoms with van der Waals surface area (Å²) in [5.41, 5.74) is 2.01. The number of para-hydroxylation sites is 2. The fourth-order valence-corrected chi connectivity index (χ4v) is 3.05. The molecule has 0 aliphatic carbocycles. The summed E-state index contributed by atoms with van der Waals surface area (Å²) in [6.07, 6.45) is 0. The average molecular weight is 329 g/mol. The molecule has 1 fully saturated rings. The first-order valence-corrected chi connectivity index (χ1v) is 8.53. The Morgan fingerprint density at radius 1 is 1.17 bits per heavy atom. The number of amides is 2. The number of imidazole rings is 1. The second kappa shape index (κ2) is 6.43. The van der Waals surface area contributed by atoms with Gasteiger partial charge in [-0.15, -0.1) is 0 Å². The Hall–Kier alpha value is -2.08. The molecule has 1 saturated heterocycles. The number of carbonyl (C=O) groups excluding carboxylic acids is 1. The van der Waals surface area contributed by atoms with E-state index in [0.717, 1.165) is 49.6 Å². The van der Waals surface area contributed by atoms with Crippen LogP contribution in [0.1, 0.15) is 26.6 Å². The Bertz CT molecular complexity index is 723. The minimum atomic E-state index is -0.193. The zero-order chi connectivity index (χ0) is 17.3. The zero-order valence-corrected chi connectivity index (χ0v) is 15.0. The molecule has 0 atom stereocenters. The topological polar surface area (TPSA) is 53.4 Å². The molecule has 6 heteroatoms. The van der Waals surface area contributed by atoms with Crippen molar-refractivity contribution in [2.24, 2.45) is 7.05 Å². The maximum Gasteiger partial charge on any atom is 0.317 e. The maximum absolute atomic E-state index is 12.2. The van der Waals surface area contributed by atoms with Gasteiger partial charge in [0.15, 0.2) is 0 Å². The van der Waals surface area contributed by atoms with Gasteiger partial charge in [-0.3, -0.25) is 4.90 Å².